The molecule has 0 spiro atoms. The van der Waals surface area contributed by atoms with Crippen molar-refractivity contribution in [3.63, 3.8) is 0 Å². The Morgan fingerprint density at radius 2 is 2.00 bits per heavy atom. The Labute approximate surface area is 119 Å². The summed E-state index contributed by atoms with van der Waals surface area (Å²) in [7, 11) is 0. The summed E-state index contributed by atoms with van der Waals surface area (Å²) in [6.45, 7) is 5.28. The average molecular weight is 278 g/mol. The van der Waals surface area contributed by atoms with Crippen LogP contribution in [0.2, 0.25) is 0 Å². The number of carboxylic acid groups (broad SMARTS) is 1. The number of rotatable bonds is 8. The zero-order valence-electron chi connectivity index (χ0n) is 12.1. The number of anilines is 1. The maximum atomic E-state index is 12.2. The fourth-order valence-corrected chi connectivity index (χ4v) is 2.00. The third-order valence-corrected chi connectivity index (χ3v) is 3.04. The first kappa shape index (κ1) is 16.2. The summed E-state index contributed by atoms with van der Waals surface area (Å²) in [6.07, 6.45) is 0.648. The molecule has 0 aliphatic heterocycles. The minimum atomic E-state index is -0.812. The number of carbonyl (C=O) groups excluding carboxylic acids is 1. The van der Waals surface area contributed by atoms with Crippen LogP contribution in [0, 0.1) is 6.92 Å². The highest BCUT2D eigenvalue weighted by Gasteiger charge is 2.14. The lowest BCUT2D eigenvalue weighted by atomic mass is 10.2. The van der Waals surface area contributed by atoms with Gasteiger partial charge in [-0.2, -0.15) is 0 Å². The standard InChI is InChI=1S/C15H22N2O3/c1-3-17(13-8-5-4-7-12(13)2)14(18)11-16-10-6-9-15(19)20/h4-5,7-8,16H,3,6,9-11H2,1-2H3,(H,19,20). The summed E-state index contributed by atoms with van der Waals surface area (Å²) in [4.78, 5) is 24.3. The molecule has 0 radical (unpaired) electrons. The molecular formula is C15H22N2O3. The van der Waals surface area contributed by atoms with Gasteiger partial charge < -0.3 is 15.3 Å². The highest BCUT2D eigenvalue weighted by Crippen LogP contribution is 2.18. The van der Waals surface area contributed by atoms with Gasteiger partial charge in [0.1, 0.15) is 0 Å². The molecule has 20 heavy (non-hydrogen) atoms. The van der Waals surface area contributed by atoms with Crippen LogP contribution in [0.15, 0.2) is 24.3 Å². The van der Waals surface area contributed by atoms with E-state index in [2.05, 4.69) is 5.32 Å². The van der Waals surface area contributed by atoms with Gasteiger partial charge in [0.25, 0.3) is 0 Å². The molecule has 0 heterocycles. The van der Waals surface area contributed by atoms with E-state index >= 15 is 0 Å². The summed E-state index contributed by atoms with van der Waals surface area (Å²) in [5, 5.41) is 11.5. The molecule has 1 amide bonds. The number of likely N-dealkylation sites (N-methyl/N-ethyl adjacent to an activating group) is 1. The highest BCUT2D eigenvalue weighted by atomic mass is 16.4. The number of nitrogens with zero attached hydrogens (tertiary/aromatic N) is 1. The van der Waals surface area contributed by atoms with E-state index in [9.17, 15) is 9.59 Å². The quantitative estimate of drug-likeness (QED) is 0.711. The van der Waals surface area contributed by atoms with Crippen molar-refractivity contribution in [2.24, 2.45) is 0 Å². The number of aryl methyl sites for hydroxylation is 1. The zero-order chi connectivity index (χ0) is 15.0. The van der Waals surface area contributed by atoms with Gasteiger partial charge in [0.2, 0.25) is 5.91 Å². The Hall–Kier alpha value is -1.88. The van der Waals surface area contributed by atoms with E-state index in [0.717, 1.165) is 11.3 Å². The first-order chi connectivity index (χ1) is 9.56. The van der Waals surface area contributed by atoms with E-state index in [0.29, 0.717) is 19.5 Å². The topological polar surface area (TPSA) is 69.6 Å². The lowest BCUT2D eigenvalue weighted by Crippen LogP contribution is -2.38. The van der Waals surface area contributed by atoms with Crippen LogP contribution < -0.4 is 10.2 Å². The van der Waals surface area contributed by atoms with E-state index in [-0.39, 0.29) is 18.9 Å². The molecule has 0 fully saturated rings. The van der Waals surface area contributed by atoms with Crippen LogP contribution in [0.3, 0.4) is 0 Å². The van der Waals surface area contributed by atoms with Crippen LogP contribution in [0.25, 0.3) is 0 Å². The molecule has 0 saturated carbocycles. The molecule has 5 nitrogen and oxygen atoms in total. The number of amides is 1. The van der Waals surface area contributed by atoms with Crippen LogP contribution in [0.1, 0.15) is 25.3 Å². The summed E-state index contributed by atoms with van der Waals surface area (Å²) in [5.41, 5.74) is 1.99. The molecule has 2 N–H and O–H groups in total. The molecule has 110 valence electrons. The van der Waals surface area contributed by atoms with Crippen LogP contribution in [-0.2, 0) is 9.59 Å². The van der Waals surface area contributed by atoms with Crippen molar-refractivity contribution < 1.29 is 14.7 Å². The van der Waals surface area contributed by atoms with Gasteiger partial charge in [-0.15, -0.1) is 0 Å². The number of para-hydroxylation sites is 1. The largest absolute Gasteiger partial charge is 0.481 e. The van der Waals surface area contributed by atoms with Crippen LogP contribution in [-0.4, -0.2) is 36.6 Å². The Kier molecular flexibility index (Phi) is 6.73. The van der Waals surface area contributed by atoms with E-state index in [4.69, 9.17) is 5.11 Å². The van der Waals surface area contributed by atoms with Gasteiger partial charge in [-0.1, -0.05) is 18.2 Å². The van der Waals surface area contributed by atoms with E-state index in [1.54, 1.807) is 4.90 Å². The lowest BCUT2D eigenvalue weighted by molar-refractivity contribution is -0.137. The Morgan fingerprint density at radius 1 is 1.30 bits per heavy atom. The lowest BCUT2D eigenvalue weighted by Gasteiger charge is -2.23. The Morgan fingerprint density at radius 3 is 2.60 bits per heavy atom. The van der Waals surface area contributed by atoms with Gasteiger partial charge in [0.05, 0.1) is 6.54 Å². The smallest absolute Gasteiger partial charge is 0.303 e. The second-order valence-corrected chi connectivity index (χ2v) is 4.60. The predicted molar refractivity (Wildman–Crippen MR) is 78.9 cm³/mol. The molecule has 0 aromatic heterocycles. The SMILES string of the molecule is CCN(C(=O)CNCCCC(=O)O)c1ccccc1C. The summed E-state index contributed by atoms with van der Waals surface area (Å²) >= 11 is 0. The van der Waals surface area contributed by atoms with Crippen molar-refractivity contribution in [3.05, 3.63) is 29.8 Å². The van der Waals surface area contributed by atoms with Crippen molar-refractivity contribution in [1.82, 2.24) is 5.32 Å². The first-order valence-electron chi connectivity index (χ1n) is 6.84. The number of hydrogen-bond donors (Lipinski definition) is 2. The monoisotopic (exact) mass is 278 g/mol. The molecule has 5 heteroatoms. The average Bonchev–Trinajstić information content (AvgIpc) is 2.41. The number of benzene rings is 1. The fourth-order valence-electron chi connectivity index (χ4n) is 2.00. The summed E-state index contributed by atoms with van der Waals surface area (Å²) < 4.78 is 0. The third-order valence-electron chi connectivity index (χ3n) is 3.04. The molecule has 0 bridgehead atoms. The van der Waals surface area contributed by atoms with Crippen LogP contribution in [0.5, 0.6) is 0 Å². The van der Waals surface area contributed by atoms with Crippen molar-refractivity contribution >= 4 is 17.6 Å². The molecule has 0 saturated heterocycles. The minimum absolute atomic E-state index is 0.00266. The van der Waals surface area contributed by atoms with E-state index in [1.165, 1.54) is 0 Å². The number of nitrogens with one attached hydrogen (secondary N) is 1. The molecule has 1 rings (SSSR count). The second kappa shape index (κ2) is 8.32. The van der Waals surface area contributed by atoms with Gasteiger partial charge in [-0.3, -0.25) is 9.59 Å². The second-order valence-electron chi connectivity index (χ2n) is 4.60. The fraction of sp³-hybridized carbons (Fsp3) is 0.467. The molecule has 0 atom stereocenters. The highest BCUT2D eigenvalue weighted by molar-refractivity contribution is 5.95. The van der Waals surface area contributed by atoms with Gasteiger partial charge in [0, 0.05) is 18.7 Å². The molecule has 1 aromatic carbocycles. The van der Waals surface area contributed by atoms with Crippen molar-refractivity contribution in [1.29, 1.82) is 0 Å². The van der Waals surface area contributed by atoms with Crippen LogP contribution in [0.4, 0.5) is 5.69 Å². The molecule has 0 unspecified atom stereocenters. The number of aliphatic carboxylic acids is 1. The van der Waals surface area contributed by atoms with Crippen molar-refractivity contribution in [3.8, 4) is 0 Å². The minimum Gasteiger partial charge on any atom is -0.481 e. The van der Waals surface area contributed by atoms with E-state index < -0.39 is 5.97 Å². The van der Waals surface area contributed by atoms with Crippen molar-refractivity contribution in [2.75, 3.05) is 24.5 Å². The normalized spacial score (nSPS) is 10.3. The maximum absolute atomic E-state index is 12.2. The van der Waals surface area contributed by atoms with Gasteiger partial charge in [0.15, 0.2) is 0 Å². The van der Waals surface area contributed by atoms with Gasteiger partial charge in [-0.25, -0.2) is 0 Å². The number of hydrogen-bond acceptors (Lipinski definition) is 3. The maximum Gasteiger partial charge on any atom is 0.303 e. The molecule has 0 aliphatic rings. The predicted octanol–water partition coefficient (Wildman–Crippen LogP) is 1.80. The third kappa shape index (κ3) is 5.01. The van der Waals surface area contributed by atoms with Crippen molar-refractivity contribution in [2.45, 2.75) is 26.7 Å². The van der Waals surface area contributed by atoms with E-state index in [1.807, 2.05) is 38.1 Å². The van der Waals surface area contributed by atoms with Gasteiger partial charge >= 0.3 is 5.97 Å². The summed E-state index contributed by atoms with van der Waals surface area (Å²) in [5.74, 6) is -0.814. The zero-order valence-corrected chi connectivity index (χ0v) is 12.1. The number of carboxylic acids is 1. The summed E-state index contributed by atoms with van der Waals surface area (Å²) in [6, 6.07) is 7.77. The molecule has 1 aromatic rings. The Bertz CT molecular complexity index is 460. The van der Waals surface area contributed by atoms with Gasteiger partial charge in [-0.05, 0) is 38.4 Å². The molecular weight excluding hydrogens is 256 g/mol. The number of carbonyl (C=O) groups is 2. The Balaban J connectivity index is 2.48. The van der Waals surface area contributed by atoms with Crippen LogP contribution >= 0.6 is 0 Å². The first-order valence-corrected chi connectivity index (χ1v) is 6.84. The molecule has 0 aliphatic carbocycles.